The first kappa shape index (κ1) is 16.1. The Balaban J connectivity index is 1.91. The van der Waals surface area contributed by atoms with E-state index in [1.54, 1.807) is 11.9 Å². The topological polar surface area (TPSA) is 29.5 Å². The minimum atomic E-state index is 0.0518. The van der Waals surface area contributed by atoms with Crippen molar-refractivity contribution in [3.05, 3.63) is 59.2 Å². The molecule has 22 heavy (non-hydrogen) atoms. The van der Waals surface area contributed by atoms with Gasteiger partial charge in [0.05, 0.1) is 13.0 Å². The summed E-state index contributed by atoms with van der Waals surface area (Å²) in [5, 5.41) is 0. The Morgan fingerprint density at radius 3 is 2.55 bits per heavy atom. The summed E-state index contributed by atoms with van der Waals surface area (Å²) in [6, 6.07) is 13.9. The van der Waals surface area contributed by atoms with Crippen molar-refractivity contribution in [3.63, 3.8) is 0 Å². The molecule has 2 aromatic rings. The van der Waals surface area contributed by atoms with Gasteiger partial charge < -0.3 is 9.64 Å². The number of aryl methyl sites for hydroxylation is 2. The van der Waals surface area contributed by atoms with Crippen molar-refractivity contribution >= 4 is 11.6 Å². The molecular weight excluding hydrogens is 274 g/mol. The normalized spacial score (nSPS) is 10.4. The highest BCUT2D eigenvalue weighted by molar-refractivity contribution is 5.92. The Kier molecular flexibility index (Phi) is 5.21. The molecule has 0 atom stereocenters. The second kappa shape index (κ2) is 7.12. The van der Waals surface area contributed by atoms with Gasteiger partial charge in [0.1, 0.15) is 5.75 Å². The second-order valence-electron chi connectivity index (χ2n) is 5.59. The Morgan fingerprint density at radius 1 is 1.09 bits per heavy atom. The molecule has 0 heterocycles. The minimum Gasteiger partial charge on any atom is -0.493 e. The molecule has 3 heteroatoms. The number of carbonyl (C=O) groups is 1. The molecule has 0 aliphatic heterocycles. The average Bonchev–Trinajstić information content (AvgIpc) is 2.50. The monoisotopic (exact) mass is 297 g/mol. The van der Waals surface area contributed by atoms with E-state index in [2.05, 4.69) is 13.0 Å². The van der Waals surface area contributed by atoms with E-state index in [0.717, 1.165) is 22.6 Å². The van der Waals surface area contributed by atoms with Crippen LogP contribution in [0.3, 0.4) is 0 Å². The molecule has 0 N–H and O–H groups in total. The molecule has 0 saturated carbocycles. The van der Waals surface area contributed by atoms with Crippen LogP contribution in [0.15, 0.2) is 42.5 Å². The molecule has 3 nitrogen and oxygen atoms in total. The molecule has 0 unspecified atom stereocenters. The predicted molar refractivity (Wildman–Crippen MR) is 90.6 cm³/mol. The van der Waals surface area contributed by atoms with Crippen molar-refractivity contribution in [1.82, 2.24) is 0 Å². The number of benzene rings is 2. The zero-order valence-electron chi connectivity index (χ0n) is 13.7. The molecule has 1 amide bonds. The van der Waals surface area contributed by atoms with Crippen LogP contribution in [0.5, 0.6) is 5.75 Å². The van der Waals surface area contributed by atoms with Gasteiger partial charge in [-0.1, -0.05) is 24.3 Å². The molecule has 0 aromatic heterocycles. The summed E-state index contributed by atoms with van der Waals surface area (Å²) < 4.78 is 5.75. The number of carbonyl (C=O) groups excluding carboxylic acids is 1. The maximum Gasteiger partial charge on any atom is 0.230 e. The highest BCUT2D eigenvalue weighted by atomic mass is 16.5. The maximum atomic E-state index is 12.2. The number of anilines is 1. The van der Waals surface area contributed by atoms with Crippen LogP contribution in [0.2, 0.25) is 0 Å². The van der Waals surface area contributed by atoms with E-state index in [-0.39, 0.29) is 5.91 Å². The molecule has 2 aromatic carbocycles. The number of ether oxygens (including phenoxy) is 1. The van der Waals surface area contributed by atoms with E-state index in [9.17, 15) is 4.79 Å². The van der Waals surface area contributed by atoms with Crippen molar-refractivity contribution in [1.29, 1.82) is 0 Å². The van der Waals surface area contributed by atoms with Crippen molar-refractivity contribution in [3.8, 4) is 5.75 Å². The first-order valence-electron chi connectivity index (χ1n) is 7.51. The lowest BCUT2D eigenvalue weighted by molar-refractivity contribution is -0.118. The number of rotatable bonds is 5. The summed E-state index contributed by atoms with van der Waals surface area (Å²) in [4.78, 5) is 13.9. The van der Waals surface area contributed by atoms with Gasteiger partial charge in [-0.15, -0.1) is 0 Å². The van der Waals surface area contributed by atoms with E-state index in [1.165, 1.54) is 5.56 Å². The van der Waals surface area contributed by atoms with E-state index < -0.39 is 0 Å². The van der Waals surface area contributed by atoms with E-state index in [1.807, 2.05) is 50.2 Å². The lowest BCUT2D eigenvalue weighted by Gasteiger charge is -2.18. The molecule has 2 rings (SSSR count). The second-order valence-corrected chi connectivity index (χ2v) is 5.59. The van der Waals surface area contributed by atoms with Gasteiger partial charge in [-0.3, -0.25) is 4.79 Å². The minimum absolute atomic E-state index is 0.0518. The summed E-state index contributed by atoms with van der Waals surface area (Å²) in [5.41, 5.74) is 4.38. The summed E-state index contributed by atoms with van der Waals surface area (Å²) in [6.07, 6.45) is 0.359. The first-order valence-corrected chi connectivity index (χ1v) is 7.51. The predicted octanol–water partition coefficient (Wildman–Crippen LogP) is 4.04. The Labute approximate surface area is 132 Å². The summed E-state index contributed by atoms with van der Waals surface area (Å²) >= 11 is 0. The number of amides is 1. The van der Waals surface area contributed by atoms with Crippen LogP contribution in [0, 0.1) is 20.8 Å². The van der Waals surface area contributed by atoms with Gasteiger partial charge in [0.15, 0.2) is 0 Å². The fraction of sp³-hybridized carbons (Fsp3) is 0.316. The number of nitrogens with zero attached hydrogens (tertiary/aromatic N) is 1. The lowest BCUT2D eigenvalue weighted by atomic mass is 10.1. The van der Waals surface area contributed by atoms with Crippen LogP contribution in [0.1, 0.15) is 23.1 Å². The highest BCUT2D eigenvalue weighted by Gasteiger charge is 2.11. The van der Waals surface area contributed by atoms with Crippen LogP contribution < -0.4 is 9.64 Å². The zero-order chi connectivity index (χ0) is 16.1. The highest BCUT2D eigenvalue weighted by Crippen LogP contribution is 2.21. The van der Waals surface area contributed by atoms with E-state index in [0.29, 0.717) is 13.0 Å². The Morgan fingerprint density at radius 2 is 1.82 bits per heavy atom. The Hall–Kier alpha value is -2.29. The van der Waals surface area contributed by atoms with Gasteiger partial charge in [-0.05, 0) is 55.7 Å². The van der Waals surface area contributed by atoms with Gasteiger partial charge in [-0.25, -0.2) is 0 Å². The van der Waals surface area contributed by atoms with E-state index >= 15 is 0 Å². The van der Waals surface area contributed by atoms with Crippen LogP contribution in [0.4, 0.5) is 5.69 Å². The molecule has 0 aliphatic rings. The first-order chi connectivity index (χ1) is 10.5. The third-order valence-corrected chi connectivity index (χ3v) is 3.89. The van der Waals surface area contributed by atoms with Crippen molar-refractivity contribution in [2.45, 2.75) is 27.2 Å². The quantitative estimate of drug-likeness (QED) is 0.833. The molecule has 0 bridgehead atoms. The smallest absolute Gasteiger partial charge is 0.230 e. The lowest BCUT2D eigenvalue weighted by Crippen LogP contribution is -2.27. The third kappa shape index (κ3) is 3.88. The van der Waals surface area contributed by atoms with Gasteiger partial charge in [0.2, 0.25) is 5.91 Å². The molecule has 0 fully saturated rings. The van der Waals surface area contributed by atoms with Crippen molar-refractivity contribution < 1.29 is 9.53 Å². The van der Waals surface area contributed by atoms with Gasteiger partial charge in [-0.2, -0.15) is 0 Å². The Bertz CT molecular complexity index is 664. The molecule has 0 spiro atoms. The zero-order valence-corrected chi connectivity index (χ0v) is 13.7. The molecule has 116 valence electrons. The SMILES string of the molecule is Cc1cccc(N(C)C(=O)CCOc2cccc(C)c2C)c1. The van der Waals surface area contributed by atoms with Gasteiger partial charge in [0, 0.05) is 12.7 Å². The summed E-state index contributed by atoms with van der Waals surface area (Å²) in [5.74, 6) is 0.905. The summed E-state index contributed by atoms with van der Waals surface area (Å²) in [6.45, 7) is 6.49. The van der Waals surface area contributed by atoms with E-state index in [4.69, 9.17) is 4.74 Å². The molecule has 0 radical (unpaired) electrons. The fourth-order valence-electron chi connectivity index (χ4n) is 2.28. The average molecular weight is 297 g/mol. The van der Waals surface area contributed by atoms with Gasteiger partial charge >= 0.3 is 0 Å². The van der Waals surface area contributed by atoms with Crippen LogP contribution >= 0.6 is 0 Å². The summed E-state index contributed by atoms with van der Waals surface area (Å²) in [7, 11) is 1.80. The molecule has 0 aliphatic carbocycles. The molecular formula is C19H23NO2. The molecule has 0 saturated heterocycles. The van der Waals surface area contributed by atoms with Crippen LogP contribution in [-0.4, -0.2) is 19.6 Å². The third-order valence-electron chi connectivity index (χ3n) is 3.89. The number of hydrogen-bond donors (Lipinski definition) is 0. The van der Waals surface area contributed by atoms with Crippen LogP contribution in [0.25, 0.3) is 0 Å². The number of hydrogen-bond acceptors (Lipinski definition) is 2. The van der Waals surface area contributed by atoms with Crippen molar-refractivity contribution in [2.24, 2.45) is 0 Å². The maximum absolute atomic E-state index is 12.2. The van der Waals surface area contributed by atoms with Crippen LogP contribution in [-0.2, 0) is 4.79 Å². The largest absolute Gasteiger partial charge is 0.493 e. The van der Waals surface area contributed by atoms with Crippen molar-refractivity contribution in [2.75, 3.05) is 18.6 Å². The fourth-order valence-corrected chi connectivity index (χ4v) is 2.28. The standard InChI is InChI=1S/C19H23NO2/c1-14-7-5-9-17(13-14)20(4)19(21)11-12-22-18-10-6-8-15(2)16(18)3/h5-10,13H,11-12H2,1-4H3. The van der Waals surface area contributed by atoms with Gasteiger partial charge in [0.25, 0.3) is 0 Å².